The number of hydrogen-bond donors (Lipinski definition) is 1. The molecule has 2 unspecified atom stereocenters. The van der Waals surface area contributed by atoms with E-state index in [1.165, 1.54) is 64.5 Å². The number of nitrogens with zero attached hydrogens (tertiary/aromatic N) is 6. The minimum absolute atomic E-state index is 0.225. The van der Waals surface area contributed by atoms with Crippen molar-refractivity contribution in [3.8, 4) is 16.6 Å². The van der Waals surface area contributed by atoms with E-state index in [2.05, 4.69) is 35.1 Å². The number of ether oxygens (including phenoxy) is 1. The highest BCUT2D eigenvalue weighted by Gasteiger charge is 2.31. The molecule has 6 rings (SSSR count). The fourth-order valence-electron chi connectivity index (χ4n) is 6.16. The molecule has 8 nitrogen and oxygen atoms in total. The first-order chi connectivity index (χ1) is 18.2. The van der Waals surface area contributed by atoms with Gasteiger partial charge in [0.15, 0.2) is 10.9 Å². The third-order valence-corrected chi connectivity index (χ3v) is 9.05. The van der Waals surface area contributed by atoms with Crippen LogP contribution in [0.15, 0.2) is 24.7 Å². The van der Waals surface area contributed by atoms with Gasteiger partial charge in [-0.1, -0.05) is 37.0 Å². The molecule has 3 aromatic rings. The van der Waals surface area contributed by atoms with E-state index in [4.69, 9.17) is 4.74 Å². The van der Waals surface area contributed by atoms with Crippen molar-refractivity contribution in [3.05, 3.63) is 36.0 Å². The third-order valence-electron chi connectivity index (χ3n) is 8.12. The second-order valence-electron chi connectivity index (χ2n) is 10.9. The molecule has 0 aromatic carbocycles. The van der Waals surface area contributed by atoms with Gasteiger partial charge in [-0.15, -0.1) is 0 Å². The molecule has 3 aliphatic rings. The highest BCUT2D eigenvalue weighted by Crippen LogP contribution is 2.36. The predicted octanol–water partition coefficient (Wildman–Crippen LogP) is 6.17. The van der Waals surface area contributed by atoms with Gasteiger partial charge in [0, 0.05) is 25.0 Å². The molecule has 2 aliphatic carbocycles. The lowest BCUT2D eigenvalue weighted by atomic mass is 9.75. The Morgan fingerprint density at radius 2 is 1.76 bits per heavy atom. The van der Waals surface area contributed by atoms with Crippen LogP contribution < -0.4 is 10.1 Å². The average molecular weight is 520 g/mol. The molecule has 1 saturated heterocycles. The molecule has 2 atom stereocenters. The number of likely N-dealkylation sites (tertiary alicyclic amines) is 1. The van der Waals surface area contributed by atoms with Gasteiger partial charge >= 0.3 is 6.01 Å². The summed E-state index contributed by atoms with van der Waals surface area (Å²) >= 11 is 1.54. The van der Waals surface area contributed by atoms with Gasteiger partial charge in [-0.05, 0) is 69.9 Å². The summed E-state index contributed by atoms with van der Waals surface area (Å²) < 4.78 is 6.12. The standard InChI is InChI=1S/C28H37N7OS/c1-19-13-24(33-27(32-19)36-23-9-3-2-4-10-23)25-15-31-28(37-25)34-26-16-29-22(14-30-26)18-35-12-11-20-7-5-6-8-21(20)17-35/h13-16,20-21,23H,2-12,17-18H2,1H3,(H,30,31,34). The topological polar surface area (TPSA) is 89.0 Å². The van der Waals surface area contributed by atoms with Gasteiger partial charge < -0.3 is 10.1 Å². The van der Waals surface area contributed by atoms with Crippen LogP contribution in [0.1, 0.15) is 75.6 Å². The second kappa shape index (κ2) is 11.4. The predicted molar refractivity (Wildman–Crippen MR) is 146 cm³/mol. The molecule has 196 valence electrons. The van der Waals surface area contributed by atoms with Crippen LogP contribution >= 0.6 is 11.3 Å². The molecule has 4 heterocycles. The Kier molecular flexibility index (Phi) is 7.60. The Labute approximate surface area is 223 Å². The third kappa shape index (κ3) is 6.26. The van der Waals surface area contributed by atoms with E-state index in [-0.39, 0.29) is 6.10 Å². The van der Waals surface area contributed by atoms with Gasteiger partial charge in [-0.3, -0.25) is 9.88 Å². The Morgan fingerprint density at radius 3 is 2.59 bits per heavy atom. The maximum atomic E-state index is 6.12. The highest BCUT2D eigenvalue weighted by molar-refractivity contribution is 7.18. The average Bonchev–Trinajstić information content (AvgIpc) is 3.39. The normalized spacial score (nSPS) is 22.9. The van der Waals surface area contributed by atoms with Crippen molar-refractivity contribution in [2.45, 2.75) is 83.8 Å². The molecule has 9 heteroatoms. The number of rotatable bonds is 7. The van der Waals surface area contributed by atoms with E-state index in [1.807, 2.05) is 31.6 Å². The molecule has 3 fully saturated rings. The van der Waals surface area contributed by atoms with E-state index in [0.717, 1.165) is 58.3 Å². The zero-order valence-electron chi connectivity index (χ0n) is 21.7. The van der Waals surface area contributed by atoms with Crippen molar-refractivity contribution in [3.63, 3.8) is 0 Å². The maximum Gasteiger partial charge on any atom is 0.317 e. The Hall–Kier alpha value is -2.65. The van der Waals surface area contributed by atoms with Gasteiger partial charge in [0.05, 0.1) is 28.7 Å². The molecule has 37 heavy (non-hydrogen) atoms. The molecular weight excluding hydrogens is 482 g/mol. The smallest absolute Gasteiger partial charge is 0.317 e. The number of hydrogen-bond acceptors (Lipinski definition) is 9. The molecule has 0 radical (unpaired) electrons. The number of fused-ring (bicyclic) bond motifs is 1. The number of aryl methyl sites for hydroxylation is 1. The summed E-state index contributed by atoms with van der Waals surface area (Å²) in [6.07, 6.45) is 18.7. The number of nitrogens with one attached hydrogen (secondary N) is 1. The molecule has 3 aromatic heterocycles. The number of piperidine rings is 1. The molecular formula is C28H37N7OS. The molecule has 1 N–H and O–H groups in total. The van der Waals surface area contributed by atoms with Crippen molar-refractivity contribution >= 4 is 22.3 Å². The first kappa shape index (κ1) is 24.7. The lowest BCUT2D eigenvalue weighted by Crippen LogP contribution is -2.41. The van der Waals surface area contributed by atoms with Gasteiger partial charge in [0.25, 0.3) is 0 Å². The number of thiazole rings is 1. The molecule has 0 spiro atoms. The fourth-order valence-corrected chi connectivity index (χ4v) is 6.95. The van der Waals surface area contributed by atoms with Crippen LogP contribution in [0.3, 0.4) is 0 Å². The highest BCUT2D eigenvalue weighted by atomic mass is 32.1. The zero-order chi connectivity index (χ0) is 25.0. The van der Waals surface area contributed by atoms with E-state index < -0.39 is 0 Å². The SMILES string of the molecule is Cc1cc(-c2cnc(Nc3cnc(CN4CCC5CCCCC5C4)cn3)s2)nc(OC2CCCCC2)n1. The van der Waals surface area contributed by atoms with Crippen molar-refractivity contribution in [1.29, 1.82) is 0 Å². The van der Waals surface area contributed by atoms with Crippen molar-refractivity contribution < 1.29 is 4.74 Å². The lowest BCUT2D eigenvalue weighted by Gasteiger charge is -2.41. The summed E-state index contributed by atoms with van der Waals surface area (Å²) in [5.74, 6) is 2.54. The molecule has 2 saturated carbocycles. The molecule has 0 bridgehead atoms. The van der Waals surface area contributed by atoms with E-state index in [9.17, 15) is 0 Å². The van der Waals surface area contributed by atoms with Crippen LogP contribution in [0.25, 0.3) is 10.6 Å². The van der Waals surface area contributed by atoms with Crippen LogP contribution in [0.5, 0.6) is 6.01 Å². The van der Waals surface area contributed by atoms with Crippen molar-refractivity contribution in [1.82, 2.24) is 29.8 Å². The lowest BCUT2D eigenvalue weighted by molar-refractivity contribution is 0.0811. The van der Waals surface area contributed by atoms with Gasteiger partial charge in [0.1, 0.15) is 6.10 Å². The Balaban J connectivity index is 1.06. The maximum absolute atomic E-state index is 6.12. The van der Waals surface area contributed by atoms with Gasteiger partial charge in [-0.25, -0.2) is 15.0 Å². The van der Waals surface area contributed by atoms with E-state index in [1.54, 1.807) is 11.3 Å². The van der Waals surface area contributed by atoms with Gasteiger partial charge in [0.2, 0.25) is 0 Å². The number of aromatic nitrogens is 5. The van der Waals surface area contributed by atoms with Crippen LogP contribution in [-0.2, 0) is 6.54 Å². The van der Waals surface area contributed by atoms with E-state index >= 15 is 0 Å². The molecule has 1 aliphatic heterocycles. The summed E-state index contributed by atoms with van der Waals surface area (Å²) in [5.41, 5.74) is 2.77. The summed E-state index contributed by atoms with van der Waals surface area (Å²) in [7, 11) is 0. The fraction of sp³-hybridized carbons (Fsp3) is 0.607. The van der Waals surface area contributed by atoms with Crippen LogP contribution in [0.2, 0.25) is 0 Å². The first-order valence-electron chi connectivity index (χ1n) is 14.0. The minimum atomic E-state index is 0.225. The Bertz CT molecular complexity index is 1180. The largest absolute Gasteiger partial charge is 0.460 e. The van der Waals surface area contributed by atoms with Crippen molar-refractivity contribution in [2.24, 2.45) is 11.8 Å². The summed E-state index contributed by atoms with van der Waals surface area (Å²) in [6.45, 7) is 5.26. The Morgan fingerprint density at radius 1 is 0.919 bits per heavy atom. The van der Waals surface area contributed by atoms with Crippen LogP contribution in [-0.4, -0.2) is 49.0 Å². The van der Waals surface area contributed by atoms with Gasteiger partial charge in [-0.2, -0.15) is 4.98 Å². The van der Waals surface area contributed by atoms with Crippen LogP contribution in [0, 0.1) is 18.8 Å². The second-order valence-corrected chi connectivity index (χ2v) is 12.0. The zero-order valence-corrected chi connectivity index (χ0v) is 22.6. The number of anilines is 2. The monoisotopic (exact) mass is 519 g/mol. The first-order valence-corrected chi connectivity index (χ1v) is 14.8. The summed E-state index contributed by atoms with van der Waals surface area (Å²) in [4.78, 5) is 26.6. The summed E-state index contributed by atoms with van der Waals surface area (Å²) in [6, 6.07) is 2.45. The minimum Gasteiger partial charge on any atom is -0.460 e. The quantitative estimate of drug-likeness (QED) is 0.397. The van der Waals surface area contributed by atoms with Crippen molar-refractivity contribution in [2.75, 3.05) is 18.4 Å². The van der Waals surface area contributed by atoms with Crippen LogP contribution in [0.4, 0.5) is 10.9 Å². The summed E-state index contributed by atoms with van der Waals surface area (Å²) in [5, 5.41) is 4.07. The van der Waals surface area contributed by atoms with E-state index in [0.29, 0.717) is 11.8 Å². The molecule has 0 amide bonds.